The Labute approximate surface area is 125 Å². The minimum absolute atomic E-state index is 0.350. The number of rotatable bonds is 3. The van der Waals surface area contributed by atoms with E-state index in [0.29, 0.717) is 6.04 Å². The maximum Gasteiger partial charge on any atom is 0.180 e. The van der Waals surface area contributed by atoms with Crippen molar-refractivity contribution in [3.05, 3.63) is 23.8 Å². The fourth-order valence-corrected chi connectivity index (χ4v) is 2.98. The Morgan fingerprint density at radius 2 is 1.95 bits per heavy atom. The number of hydrogen-bond donors (Lipinski definition) is 1. The highest BCUT2D eigenvalue weighted by molar-refractivity contribution is 5.57. The van der Waals surface area contributed by atoms with Crippen LogP contribution in [-0.2, 0) is 12.8 Å². The van der Waals surface area contributed by atoms with Crippen molar-refractivity contribution in [2.75, 3.05) is 12.4 Å². The minimum atomic E-state index is 0.350. The van der Waals surface area contributed by atoms with E-state index in [-0.39, 0.29) is 0 Å². The summed E-state index contributed by atoms with van der Waals surface area (Å²) in [6.45, 7) is 4.29. The molecule has 5 nitrogen and oxygen atoms in total. The largest absolute Gasteiger partial charge is 0.373 e. The molecule has 1 aliphatic carbocycles. The molecule has 2 aromatic rings. The number of anilines is 1. The van der Waals surface area contributed by atoms with Gasteiger partial charge in [0.25, 0.3) is 0 Å². The molecule has 2 aromatic heterocycles. The van der Waals surface area contributed by atoms with Crippen molar-refractivity contribution in [3.63, 3.8) is 0 Å². The van der Waals surface area contributed by atoms with Gasteiger partial charge < -0.3 is 9.88 Å². The first-order valence-corrected chi connectivity index (χ1v) is 7.80. The van der Waals surface area contributed by atoms with Gasteiger partial charge in [-0.2, -0.15) is 0 Å². The van der Waals surface area contributed by atoms with Crippen molar-refractivity contribution in [2.24, 2.45) is 0 Å². The number of imidazole rings is 1. The topological polar surface area (TPSA) is 55.6 Å². The van der Waals surface area contributed by atoms with Gasteiger partial charge in [-0.3, -0.25) is 0 Å². The number of aryl methyl sites for hydroxylation is 1. The van der Waals surface area contributed by atoms with Crippen LogP contribution in [0.3, 0.4) is 0 Å². The molecule has 3 rings (SSSR count). The summed E-state index contributed by atoms with van der Waals surface area (Å²) in [5, 5.41) is 3.25. The van der Waals surface area contributed by atoms with E-state index >= 15 is 0 Å². The lowest BCUT2D eigenvalue weighted by atomic mass is 10.1. The van der Waals surface area contributed by atoms with Gasteiger partial charge >= 0.3 is 0 Å². The van der Waals surface area contributed by atoms with E-state index in [2.05, 4.69) is 28.7 Å². The van der Waals surface area contributed by atoms with Crippen LogP contribution in [0.5, 0.6) is 0 Å². The third kappa shape index (κ3) is 2.64. The predicted molar refractivity (Wildman–Crippen MR) is 84.4 cm³/mol. The average Bonchev–Trinajstić information content (AvgIpc) is 2.85. The van der Waals surface area contributed by atoms with E-state index in [1.807, 2.05) is 19.6 Å². The number of fused-ring (bicyclic) bond motifs is 1. The summed E-state index contributed by atoms with van der Waals surface area (Å²) in [7, 11) is 1.94. The van der Waals surface area contributed by atoms with Crippen LogP contribution in [-0.4, -0.2) is 26.6 Å². The maximum absolute atomic E-state index is 4.86. The fraction of sp³-hybridized carbons (Fsp3) is 0.562. The highest BCUT2D eigenvalue weighted by Gasteiger charge is 2.19. The van der Waals surface area contributed by atoms with Gasteiger partial charge in [-0.05, 0) is 39.5 Å². The molecule has 0 spiro atoms. The number of hydrogen-bond acceptors (Lipinski definition) is 4. The summed E-state index contributed by atoms with van der Waals surface area (Å²) in [6.07, 6.45) is 9.57. The Hall–Kier alpha value is -1.91. The van der Waals surface area contributed by atoms with Gasteiger partial charge in [0.15, 0.2) is 5.82 Å². The number of nitrogens with zero attached hydrogens (tertiary/aromatic N) is 4. The quantitative estimate of drug-likeness (QED) is 0.880. The summed E-state index contributed by atoms with van der Waals surface area (Å²) in [5.41, 5.74) is 3.50. The van der Waals surface area contributed by atoms with Gasteiger partial charge in [0.1, 0.15) is 11.5 Å². The summed E-state index contributed by atoms with van der Waals surface area (Å²) in [5.74, 6) is 1.76. The molecule has 2 heterocycles. The molecule has 0 saturated heterocycles. The van der Waals surface area contributed by atoms with Gasteiger partial charge in [0, 0.05) is 24.3 Å². The van der Waals surface area contributed by atoms with Crippen LogP contribution in [0.4, 0.5) is 5.82 Å². The Morgan fingerprint density at radius 1 is 1.14 bits per heavy atom. The second kappa shape index (κ2) is 5.84. The molecule has 0 bridgehead atoms. The molecule has 0 aliphatic heterocycles. The third-order valence-corrected chi connectivity index (χ3v) is 4.12. The van der Waals surface area contributed by atoms with Crippen LogP contribution in [0.1, 0.15) is 50.4 Å². The summed E-state index contributed by atoms with van der Waals surface area (Å²) < 4.78 is 2.12. The molecule has 0 aromatic carbocycles. The fourth-order valence-electron chi connectivity index (χ4n) is 2.98. The summed E-state index contributed by atoms with van der Waals surface area (Å²) in [4.78, 5) is 13.9. The average molecular weight is 285 g/mol. The van der Waals surface area contributed by atoms with Crippen LogP contribution >= 0.6 is 0 Å². The molecule has 0 radical (unpaired) electrons. The van der Waals surface area contributed by atoms with Crippen LogP contribution in [0.25, 0.3) is 11.5 Å². The zero-order valence-electron chi connectivity index (χ0n) is 13.1. The molecular formula is C16H23N5. The lowest BCUT2D eigenvalue weighted by Gasteiger charge is -2.15. The van der Waals surface area contributed by atoms with E-state index in [0.717, 1.165) is 30.2 Å². The Bertz CT molecular complexity index is 630. The van der Waals surface area contributed by atoms with Crippen molar-refractivity contribution in [1.29, 1.82) is 0 Å². The lowest BCUT2D eigenvalue weighted by molar-refractivity contribution is 0.603. The SMILES string of the molecule is CNc1nc(-c2cncn2C(C)C)nc2c1CCCCC2. The third-order valence-electron chi connectivity index (χ3n) is 4.12. The lowest BCUT2D eigenvalue weighted by Crippen LogP contribution is -2.09. The van der Waals surface area contributed by atoms with Crippen LogP contribution in [0.15, 0.2) is 12.5 Å². The molecule has 0 amide bonds. The molecule has 0 unspecified atom stereocenters. The Balaban J connectivity index is 2.11. The Morgan fingerprint density at radius 3 is 2.71 bits per heavy atom. The maximum atomic E-state index is 4.86. The normalized spacial score (nSPS) is 14.9. The highest BCUT2D eigenvalue weighted by Crippen LogP contribution is 2.28. The van der Waals surface area contributed by atoms with E-state index in [1.54, 1.807) is 0 Å². The molecule has 0 fully saturated rings. The van der Waals surface area contributed by atoms with Crippen molar-refractivity contribution >= 4 is 5.82 Å². The molecule has 21 heavy (non-hydrogen) atoms. The van der Waals surface area contributed by atoms with E-state index < -0.39 is 0 Å². The van der Waals surface area contributed by atoms with Crippen molar-refractivity contribution < 1.29 is 0 Å². The summed E-state index contributed by atoms with van der Waals surface area (Å²) >= 11 is 0. The predicted octanol–water partition coefficient (Wildman–Crippen LogP) is 3.23. The zero-order valence-corrected chi connectivity index (χ0v) is 13.1. The molecule has 0 saturated carbocycles. The van der Waals surface area contributed by atoms with Crippen LogP contribution < -0.4 is 5.32 Å². The van der Waals surface area contributed by atoms with Gasteiger partial charge in [-0.25, -0.2) is 15.0 Å². The van der Waals surface area contributed by atoms with Crippen LogP contribution in [0, 0.1) is 0 Å². The molecule has 1 aliphatic rings. The van der Waals surface area contributed by atoms with Crippen LogP contribution in [0.2, 0.25) is 0 Å². The van der Waals surface area contributed by atoms with E-state index in [4.69, 9.17) is 9.97 Å². The monoisotopic (exact) mass is 285 g/mol. The molecule has 0 atom stereocenters. The summed E-state index contributed by atoms with van der Waals surface area (Å²) in [6, 6.07) is 0.350. The first-order chi connectivity index (χ1) is 10.2. The zero-order chi connectivity index (χ0) is 14.8. The van der Waals surface area contributed by atoms with Crippen molar-refractivity contribution in [3.8, 4) is 11.5 Å². The molecular weight excluding hydrogens is 262 g/mol. The first kappa shape index (κ1) is 14.0. The van der Waals surface area contributed by atoms with Gasteiger partial charge in [-0.1, -0.05) is 6.42 Å². The second-order valence-corrected chi connectivity index (χ2v) is 5.91. The molecule has 1 N–H and O–H groups in total. The van der Waals surface area contributed by atoms with Gasteiger partial charge in [0.05, 0.1) is 12.5 Å². The van der Waals surface area contributed by atoms with Gasteiger partial charge in [0.2, 0.25) is 0 Å². The first-order valence-electron chi connectivity index (χ1n) is 7.80. The molecule has 112 valence electrons. The standard InChI is InChI=1S/C16H23N5/c1-11(2)21-10-18-9-14(21)16-19-13-8-6-4-5-7-12(13)15(17-3)20-16/h9-11H,4-8H2,1-3H3,(H,17,19,20). The Kier molecular flexibility index (Phi) is 3.90. The highest BCUT2D eigenvalue weighted by atomic mass is 15.1. The molecule has 5 heteroatoms. The van der Waals surface area contributed by atoms with Crippen molar-refractivity contribution in [2.45, 2.75) is 52.0 Å². The van der Waals surface area contributed by atoms with Crippen molar-refractivity contribution in [1.82, 2.24) is 19.5 Å². The number of nitrogens with one attached hydrogen (secondary N) is 1. The second-order valence-electron chi connectivity index (χ2n) is 5.91. The number of aromatic nitrogens is 4. The smallest absolute Gasteiger partial charge is 0.180 e. The van der Waals surface area contributed by atoms with Gasteiger partial charge in [-0.15, -0.1) is 0 Å². The van der Waals surface area contributed by atoms with E-state index in [9.17, 15) is 0 Å². The minimum Gasteiger partial charge on any atom is -0.373 e. The van der Waals surface area contributed by atoms with E-state index in [1.165, 1.54) is 30.5 Å².